The van der Waals surface area contributed by atoms with E-state index in [0.29, 0.717) is 0 Å². The molecule has 0 aliphatic carbocycles. The summed E-state index contributed by atoms with van der Waals surface area (Å²) in [5.74, 6) is 0.826. The van der Waals surface area contributed by atoms with Gasteiger partial charge < -0.3 is 4.42 Å². The Kier molecular flexibility index (Phi) is 3.78. The quantitative estimate of drug-likeness (QED) is 0.735. The third kappa shape index (κ3) is 2.53. The van der Waals surface area contributed by atoms with Crippen LogP contribution < -0.4 is 5.63 Å². The molecule has 2 heterocycles. The highest BCUT2D eigenvalue weighted by molar-refractivity contribution is 7.17. The van der Waals surface area contributed by atoms with Crippen molar-refractivity contribution in [2.75, 3.05) is 0 Å². The highest BCUT2D eigenvalue weighted by Gasteiger charge is 2.05. The first-order valence-electron chi connectivity index (χ1n) is 5.81. The smallest absolute Gasteiger partial charge is 0.354 e. The minimum atomic E-state index is -0.182. The van der Waals surface area contributed by atoms with E-state index in [1.54, 1.807) is 0 Å². The summed E-state index contributed by atoms with van der Waals surface area (Å²) >= 11 is 1.45. The third-order valence-corrected chi connectivity index (χ3v) is 3.61. The number of unbranched alkanes of at least 4 members (excludes halogenated alkanes) is 3. The van der Waals surface area contributed by atoms with Crippen molar-refractivity contribution in [3.05, 3.63) is 33.7 Å². The number of rotatable bonds is 5. The van der Waals surface area contributed by atoms with Gasteiger partial charge in [-0.2, -0.15) is 0 Å². The van der Waals surface area contributed by atoms with E-state index in [4.69, 9.17) is 4.42 Å². The lowest BCUT2D eigenvalue weighted by Gasteiger charge is -1.99. The third-order valence-electron chi connectivity index (χ3n) is 2.70. The maximum absolute atomic E-state index is 11.6. The Labute approximate surface area is 98.9 Å². The van der Waals surface area contributed by atoms with Gasteiger partial charge in [0.2, 0.25) is 0 Å². The van der Waals surface area contributed by atoms with Crippen LogP contribution in [0.15, 0.2) is 26.7 Å². The van der Waals surface area contributed by atoms with Crippen LogP contribution in [0, 0.1) is 0 Å². The molecule has 0 spiro atoms. The summed E-state index contributed by atoms with van der Waals surface area (Å²) in [5.41, 5.74) is -0.182. The predicted octanol–water partition coefficient (Wildman–Crippen LogP) is 3.98. The van der Waals surface area contributed by atoms with Crippen LogP contribution in [0.5, 0.6) is 0 Å². The zero-order valence-electron chi connectivity index (χ0n) is 9.49. The van der Waals surface area contributed by atoms with E-state index in [-0.39, 0.29) is 5.63 Å². The Morgan fingerprint density at radius 2 is 2.19 bits per heavy atom. The molecule has 3 heteroatoms. The van der Waals surface area contributed by atoms with Crippen LogP contribution >= 0.6 is 11.3 Å². The molecular formula is C13H16O2S. The molecule has 0 N–H and O–H groups in total. The van der Waals surface area contributed by atoms with Crippen LogP contribution in [0.25, 0.3) is 10.1 Å². The van der Waals surface area contributed by atoms with Crippen LogP contribution in [-0.4, -0.2) is 0 Å². The average Bonchev–Trinajstić information content (AvgIpc) is 2.73. The molecule has 2 aromatic heterocycles. The molecular weight excluding hydrogens is 220 g/mol. The Bertz CT molecular complexity index is 510. The molecule has 0 bridgehead atoms. The summed E-state index contributed by atoms with van der Waals surface area (Å²) in [4.78, 5) is 11.6. The van der Waals surface area contributed by atoms with E-state index in [1.807, 2.05) is 17.5 Å². The largest absolute Gasteiger partial charge is 0.427 e. The van der Waals surface area contributed by atoms with Crippen molar-refractivity contribution in [2.24, 2.45) is 0 Å². The van der Waals surface area contributed by atoms with E-state index < -0.39 is 0 Å². The van der Waals surface area contributed by atoms with E-state index in [2.05, 4.69) is 6.92 Å². The summed E-state index contributed by atoms with van der Waals surface area (Å²) in [6.07, 6.45) is 5.67. The highest BCUT2D eigenvalue weighted by atomic mass is 32.1. The molecule has 2 aromatic rings. The lowest BCUT2D eigenvalue weighted by Crippen LogP contribution is -1.99. The minimum absolute atomic E-state index is 0.182. The van der Waals surface area contributed by atoms with Crippen LogP contribution in [0.2, 0.25) is 0 Å². The van der Waals surface area contributed by atoms with Gasteiger partial charge in [0, 0.05) is 11.8 Å². The average molecular weight is 236 g/mol. The summed E-state index contributed by atoms with van der Waals surface area (Å²) in [6, 6.07) is 3.98. The molecule has 0 atom stereocenters. The first kappa shape index (κ1) is 11.4. The SMILES string of the molecule is CCCCCCc1cc2ccsc2c(=O)o1. The van der Waals surface area contributed by atoms with Gasteiger partial charge in [0.1, 0.15) is 10.5 Å². The van der Waals surface area contributed by atoms with Crippen molar-refractivity contribution in [3.8, 4) is 0 Å². The van der Waals surface area contributed by atoms with E-state index in [0.717, 1.165) is 28.7 Å². The molecule has 0 aliphatic heterocycles. The Balaban J connectivity index is 2.10. The van der Waals surface area contributed by atoms with Crippen molar-refractivity contribution in [1.82, 2.24) is 0 Å². The van der Waals surface area contributed by atoms with Crippen molar-refractivity contribution in [2.45, 2.75) is 39.0 Å². The second-order valence-corrected chi connectivity index (χ2v) is 4.93. The van der Waals surface area contributed by atoms with Gasteiger partial charge in [-0.05, 0) is 23.9 Å². The van der Waals surface area contributed by atoms with Crippen molar-refractivity contribution in [3.63, 3.8) is 0 Å². The van der Waals surface area contributed by atoms with Gasteiger partial charge in [0.15, 0.2) is 0 Å². The zero-order valence-corrected chi connectivity index (χ0v) is 10.3. The monoisotopic (exact) mass is 236 g/mol. The van der Waals surface area contributed by atoms with Crippen molar-refractivity contribution < 1.29 is 4.42 Å². The molecule has 16 heavy (non-hydrogen) atoms. The fourth-order valence-corrected chi connectivity index (χ4v) is 2.57. The molecule has 0 amide bonds. The van der Waals surface area contributed by atoms with Crippen LogP contribution in [0.1, 0.15) is 38.4 Å². The number of fused-ring (bicyclic) bond motifs is 1. The van der Waals surface area contributed by atoms with E-state index in [9.17, 15) is 4.79 Å². The number of aryl methyl sites for hydroxylation is 1. The Hall–Kier alpha value is -1.09. The first-order valence-corrected chi connectivity index (χ1v) is 6.69. The van der Waals surface area contributed by atoms with Gasteiger partial charge in [-0.25, -0.2) is 4.79 Å². The van der Waals surface area contributed by atoms with Crippen LogP contribution in [0.4, 0.5) is 0 Å². The van der Waals surface area contributed by atoms with Crippen molar-refractivity contribution >= 4 is 21.4 Å². The van der Waals surface area contributed by atoms with E-state index in [1.165, 1.54) is 30.6 Å². The fraction of sp³-hybridized carbons (Fsp3) is 0.462. The molecule has 0 saturated heterocycles. The van der Waals surface area contributed by atoms with Gasteiger partial charge >= 0.3 is 5.63 Å². The maximum atomic E-state index is 11.6. The fourth-order valence-electron chi connectivity index (χ4n) is 1.82. The van der Waals surface area contributed by atoms with Gasteiger partial charge in [-0.1, -0.05) is 26.2 Å². The van der Waals surface area contributed by atoms with Crippen LogP contribution in [-0.2, 0) is 6.42 Å². The summed E-state index contributed by atoms with van der Waals surface area (Å²) in [7, 11) is 0. The van der Waals surface area contributed by atoms with Gasteiger partial charge in [0.05, 0.1) is 0 Å². The molecule has 86 valence electrons. The summed E-state index contributed by atoms with van der Waals surface area (Å²) < 4.78 is 6.02. The molecule has 2 rings (SSSR count). The second kappa shape index (κ2) is 5.30. The molecule has 0 saturated carbocycles. The van der Waals surface area contributed by atoms with Gasteiger partial charge in [-0.3, -0.25) is 0 Å². The first-order chi connectivity index (χ1) is 7.81. The van der Waals surface area contributed by atoms with Gasteiger partial charge in [0.25, 0.3) is 0 Å². The van der Waals surface area contributed by atoms with Gasteiger partial charge in [-0.15, -0.1) is 11.3 Å². The molecule has 0 radical (unpaired) electrons. The Morgan fingerprint density at radius 1 is 1.31 bits per heavy atom. The highest BCUT2D eigenvalue weighted by Crippen LogP contribution is 2.19. The lowest BCUT2D eigenvalue weighted by molar-refractivity contribution is 0.457. The molecule has 0 fully saturated rings. The molecule has 2 nitrogen and oxygen atoms in total. The Morgan fingerprint density at radius 3 is 3.00 bits per heavy atom. The van der Waals surface area contributed by atoms with E-state index >= 15 is 0 Å². The minimum Gasteiger partial charge on any atom is -0.427 e. The zero-order chi connectivity index (χ0) is 11.4. The number of hydrogen-bond acceptors (Lipinski definition) is 3. The normalized spacial score (nSPS) is 11.1. The lowest BCUT2D eigenvalue weighted by atomic mass is 10.1. The number of hydrogen-bond donors (Lipinski definition) is 0. The predicted molar refractivity (Wildman–Crippen MR) is 68.2 cm³/mol. The topological polar surface area (TPSA) is 30.2 Å². The number of thiophene rings is 1. The second-order valence-electron chi connectivity index (χ2n) is 4.02. The standard InChI is InChI=1S/C13H16O2S/c1-2-3-4-5-6-11-9-10-7-8-16-12(10)13(14)15-11/h7-9H,2-6H2,1H3. The molecule has 0 unspecified atom stereocenters. The molecule has 0 aliphatic rings. The molecule has 0 aromatic carbocycles. The van der Waals surface area contributed by atoms with Crippen molar-refractivity contribution in [1.29, 1.82) is 0 Å². The van der Waals surface area contributed by atoms with Crippen LogP contribution in [0.3, 0.4) is 0 Å². The maximum Gasteiger partial charge on any atom is 0.354 e. The summed E-state index contributed by atoms with van der Waals surface area (Å²) in [6.45, 7) is 2.19. The summed E-state index contributed by atoms with van der Waals surface area (Å²) in [5, 5.41) is 2.95.